The van der Waals surface area contributed by atoms with Crippen molar-refractivity contribution in [3.63, 3.8) is 0 Å². The summed E-state index contributed by atoms with van der Waals surface area (Å²) in [5, 5.41) is 0. The van der Waals surface area contributed by atoms with E-state index in [1.54, 1.807) is 10.9 Å². The van der Waals surface area contributed by atoms with Crippen LogP contribution in [0, 0.1) is 18.6 Å². The van der Waals surface area contributed by atoms with Crippen molar-refractivity contribution in [2.24, 2.45) is 0 Å². The van der Waals surface area contributed by atoms with Crippen LogP contribution in [0.5, 0.6) is 0 Å². The number of aryl methyl sites for hydroxylation is 2. The summed E-state index contributed by atoms with van der Waals surface area (Å²) < 4.78 is 50.2. The standard InChI is InChI=1S/C14H14F2N2O3S2/c1-3-11-8(2)6-12(22-11)14(19)17-18-23(20,21)13-5-4-9(15)7-10(13)16/h4-7,18H,3H2,1-2H3,(H,17,19). The van der Waals surface area contributed by atoms with E-state index >= 15 is 0 Å². The molecule has 2 rings (SSSR count). The Hall–Kier alpha value is -1.84. The number of benzene rings is 1. The third kappa shape index (κ3) is 3.92. The molecule has 9 heteroatoms. The first-order valence-corrected chi connectivity index (χ1v) is 8.91. The molecular formula is C14H14F2N2O3S2. The highest BCUT2D eigenvalue weighted by molar-refractivity contribution is 7.89. The average molecular weight is 360 g/mol. The largest absolute Gasteiger partial charge is 0.276 e. The number of hydrazine groups is 1. The third-order valence-corrected chi connectivity index (χ3v) is 5.71. The van der Waals surface area contributed by atoms with E-state index in [1.165, 1.54) is 11.3 Å². The van der Waals surface area contributed by atoms with Crippen molar-refractivity contribution in [1.82, 2.24) is 10.3 Å². The fraction of sp³-hybridized carbons (Fsp3) is 0.214. The maximum absolute atomic E-state index is 13.5. The molecule has 2 aromatic rings. The Morgan fingerprint density at radius 1 is 1.26 bits per heavy atom. The topological polar surface area (TPSA) is 75.3 Å². The van der Waals surface area contributed by atoms with Gasteiger partial charge in [-0.15, -0.1) is 16.2 Å². The summed E-state index contributed by atoms with van der Waals surface area (Å²) in [6, 6.07) is 3.69. The van der Waals surface area contributed by atoms with Crippen molar-refractivity contribution < 1.29 is 22.0 Å². The van der Waals surface area contributed by atoms with E-state index < -0.39 is 32.5 Å². The van der Waals surface area contributed by atoms with Gasteiger partial charge in [0.2, 0.25) is 0 Å². The maximum Gasteiger partial charge on any atom is 0.276 e. The van der Waals surface area contributed by atoms with Crippen LogP contribution < -0.4 is 10.3 Å². The molecule has 1 aromatic carbocycles. The summed E-state index contributed by atoms with van der Waals surface area (Å²) in [5.41, 5.74) is 2.96. The number of hydrogen-bond acceptors (Lipinski definition) is 4. The average Bonchev–Trinajstić information content (AvgIpc) is 2.85. The van der Waals surface area contributed by atoms with Gasteiger partial charge in [0.1, 0.15) is 16.5 Å². The number of carbonyl (C=O) groups excluding carboxylic acids is 1. The SMILES string of the molecule is CCc1sc(C(=O)NNS(=O)(=O)c2ccc(F)cc2F)cc1C. The highest BCUT2D eigenvalue weighted by Crippen LogP contribution is 2.22. The Balaban J connectivity index is 2.13. The van der Waals surface area contributed by atoms with E-state index in [0.717, 1.165) is 29.0 Å². The maximum atomic E-state index is 13.5. The van der Waals surface area contributed by atoms with Crippen LogP contribution in [-0.4, -0.2) is 14.3 Å². The van der Waals surface area contributed by atoms with Gasteiger partial charge in [-0.25, -0.2) is 17.2 Å². The monoisotopic (exact) mass is 360 g/mol. The molecule has 0 aliphatic heterocycles. The molecule has 1 aromatic heterocycles. The molecule has 5 nitrogen and oxygen atoms in total. The van der Waals surface area contributed by atoms with Crippen molar-refractivity contribution >= 4 is 27.3 Å². The lowest BCUT2D eigenvalue weighted by molar-refractivity contribution is 0.0949. The van der Waals surface area contributed by atoms with Crippen LogP contribution >= 0.6 is 11.3 Å². The molecule has 0 unspecified atom stereocenters. The van der Waals surface area contributed by atoms with Crippen LogP contribution in [-0.2, 0) is 16.4 Å². The molecule has 2 N–H and O–H groups in total. The van der Waals surface area contributed by atoms with E-state index in [1.807, 2.05) is 19.3 Å². The van der Waals surface area contributed by atoms with Gasteiger partial charge in [-0.1, -0.05) is 6.92 Å². The van der Waals surface area contributed by atoms with Gasteiger partial charge in [-0.2, -0.15) is 0 Å². The van der Waals surface area contributed by atoms with Crippen LogP contribution in [0.2, 0.25) is 0 Å². The molecule has 23 heavy (non-hydrogen) atoms. The van der Waals surface area contributed by atoms with Crippen LogP contribution in [0.4, 0.5) is 8.78 Å². The van der Waals surface area contributed by atoms with Gasteiger partial charge in [-0.05, 0) is 37.1 Å². The van der Waals surface area contributed by atoms with E-state index in [-0.39, 0.29) is 0 Å². The molecule has 0 saturated heterocycles. The van der Waals surface area contributed by atoms with Crippen molar-refractivity contribution in [2.75, 3.05) is 0 Å². The molecule has 1 heterocycles. The van der Waals surface area contributed by atoms with Gasteiger partial charge >= 0.3 is 0 Å². The first kappa shape index (κ1) is 17.5. The van der Waals surface area contributed by atoms with Crippen molar-refractivity contribution in [2.45, 2.75) is 25.2 Å². The number of halogens is 2. The Morgan fingerprint density at radius 3 is 2.52 bits per heavy atom. The second-order valence-electron chi connectivity index (χ2n) is 4.70. The summed E-state index contributed by atoms with van der Waals surface area (Å²) >= 11 is 1.25. The number of sulfonamides is 1. The number of amides is 1. The highest BCUT2D eigenvalue weighted by Gasteiger charge is 2.21. The fourth-order valence-electron chi connectivity index (χ4n) is 1.91. The molecule has 0 bridgehead atoms. The van der Waals surface area contributed by atoms with Crippen molar-refractivity contribution in [3.05, 3.63) is 51.2 Å². The summed E-state index contributed by atoms with van der Waals surface area (Å²) in [4.78, 5) is 14.4. The van der Waals surface area contributed by atoms with Crippen LogP contribution in [0.25, 0.3) is 0 Å². The second kappa shape index (κ2) is 6.73. The zero-order valence-corrected chi connectivity index (χ0v) is 13.9. The number of nitrogens with one attached hydrogen (secondary N) is 2. The van der Waals surface area contributed by atoms with E-state index in [4.69, 9.17) is 0 Å². The number of hydrogen-bond donors (Lipinski definition) is 2. The quantitative estimate of drug-likeness (QED) is 0.805. The molecule has 0 radical (unpaired) electrons. The van der Waals surface area contributed by atoms with Gasteiger partial charge in [0, 0.05) is 10.9 Å². The van der Waals surface area contributed by atoms with Gasteiger partial charge < -0.3 is 0 Å². The lowest BCUT2D eigenvalue weighted by atomic mass is 10.2. The number of thiophene rings is 1. The minimum absolute atomic E-state index is 0.335. The van der Waals surface area contributed by atoms with Gasteiger partial charge in [0.15, 0.2) is 0 Å². The molecule has 1 amide bonds. The predicted molar refractivity (Wildman–Crippen MR) is 82.6 cm³/mol. The Morgan fingerprint density at radius 2 is 1.96 bits per heavy atom. The Bertz CT molecular complexity index is 848. The number of carbonyl (C=O) groups is 1. The molecule has 124 valence electrons. The molecular weight excluding hydrogens is 346 g/mol. The Labute approximate surface area is 136 Å². The van der Waals surface area contributed by atoms with Crippen molar-refractivity contribution in [3.8, 4) is 0 Å². The zero-order chi connectivity index (χ0) is 17.2. The third-order valence-electron chi connectivity index (χ3n) is 3.05. The van der Waals surface area contributed by atoms with E-state index in [9.17, 15) is 22.0 Å². The molecule has 0 saturated carbocycles. The van der Waals surface area contributed by atoms with Crippen LogP contribution in [0.3, 0.4) is 0 Å². The molecule has 0 aliphatic rings. The first-order valence-electron chi connectivity index (χ1n) is 6.61. The summed E-state index contributed by atoms with van der Waals surface area (Å²) in [6.07, 6.45) is 0.760. The van der Waals surface area contributed by atoms with Crippen LogP contribution in [0.15, 0.2) is 29.2 Å². The molecule has 0 fully saturated rings. The minimum Gasteiger partial charge on any atom is -0.273 e. The first-order chi connectivity index (χ1) is 10.7. The fourth-order valence-corrected chi connectivity index (χ4v) is 3.81. The minimum atomic E-state index is -4.34. The van der Waals surface area contributed by atoms with Gasteiger partial charge in [0.05, 0.1) is 4.88 Å². The second-order valence-corrected chi connectivity index (χ2v) is 7.49. The lowest BCUT2D eigenvalue weighted by Gasteiger charge is -2.08. The molecule has 0 aliphatic carbocycles. The van der Waals surface area contributed by atoms with Crippen LogP contribution in [0.1, 0.15) is 27.0 Å². The lowest BCUT2D eigenvalue weighted by Crippen LogP contribution is -2.41. The van der Waals surface area contributed by atoms with E-state index in [0.29, 0.717) is 10.9 Å². The molecule has 0 atom stereocenters. The summed E-state index contributed by atoms with van der Waals surface area (Å²) in [5.74, 6) is -2.79. The van der Waals surface area contributed by atoms with Gasteiger partial charge in [0.25, 0.3) is 15.9 Å². The van der Waals surface area contributed by atoms with Gasteiger partial charge in [-0.3, -0.25) is 10.2 Å². The summed E-state index contributed by atoms with van der Waals surface area (Å²) in [7, 11) is -4.34. The number of rotatable bonds is 5. The summed E-state index contributed by atoms with van der Waals surface area (Å²) in [6.45, 7) is 3.80. The van der Waals surface area contributed by atoms with Crippen molar-refractivity contribution in [1.29, 1.82) is 0 Å². The zero-order valence-electron chi connectivity index (χ0n) is 12.3. The predicted octanol–water partition coefficient (Wildman–Crippen LogP) is 2.52. The highest BCUT2D eigenvalue weighted by atomic mass is 32.2. The van der Waals surface area contributed by atoms with E-state index in [2.05, 4.69) is 0 Å². The Kier molecular flexibility index (Phi) is 5.12. The molecule has 0 spiro atoms. The smallest absolute Gasteiger partial charge is 0.273 e. The normalized spacial score (nSPS) is 11.5.